The van der Waals surface area contributed by atoms with Gasteiger partial charge in [-0.05, 0) is 42.7 Å². The summed E-state index contributed by atoms with van der Waals surface area (Å²) in [7, 11) is 0. The van der Waals surface area contributed by atoms with E-state index in [4.69, 9.17) is 0 Å². The largest absolute Gasteiger partial charge is 0.321 e. The minimum atomic E-state index is -0.284. The number of anilines is 1. The second-order valence-corrected chi connectivity index (χ2v) is 7.50. The first kappa shape index (κ1) is 19.0. The molecule has 1 aliphatic rings. The Hall–Kier alpha value is -3.94. The molecule has 1 aliphatic carbocycles. The van der Waals surface area contributed by atoms with Crippen molar-refractivity contribution in [3.05, 3.63) is 72.8 Å². The quantitative estimate of drug-likeness (QED) is 0.516. The van der Waals surface area contributed by atoms with Crippen LogP contribution in [0.25, 0.3) is 22.5 Å². The molecule has 0 aliphatic heterocycles. The Labute approximate surface area is 179 Å². The molecular formula is C23H21N7O. The van der Waals surface area contributed by atoms with Gasteiger partial charge in [0, 0.05) is 47.9 Å². The highest BCUT2D eigenvalue weighted by Gasteiger charge is 2.26. The van der Waals surface area contributed by atoms with Gasteiger partial charge in [-0.2, -0.15) is 0 Å². The lowest BCUT2D eigenvalue weighted by atomic mass is 10.1. The summed E-state index contributed by atoms with van der Waals surface area (Å²) in [5.74, 6) is 1.32. The molecule has 154 valence electrons. The van der Waals surface area contributed by atoms with Crippen LogP contribution in [0, 0.1) is 0 Å². The highest BCUT2D eigenvalue weighted by atomic mass is 16.1. The fourth-order valence-corrected chi connectivity index (χ4v) is 3.42. The van der Waals surface area contributed by atoms with Gasteiger partial charge in [0.2, 0.25) is 0 Å². The highest BCUT2D eigenvalue weighted by molar-refractivity contribution is 6.03. The maximum Gasteiger partial charge on any atom is 0.274 e. The van der Waals surface area contributed by atoms with E-state index in [2.05, 4.69) is 35.0 Å². The van der Waals surface area contributed by atoms with Crippen LogP contribution in [0.3, 0.4) is 0 Å². The fourth-order valence-electron chi connectivity index (χ4n) is 3.42. The van der Waals surface area contributed by atoms with E-state index in [0.29, 0.717) is 17.4 Å². The number of benzene rings is 1. The van der Waals surface area contributed by atoms with Crippen molar-refractivity contribution in [1.82, 2.24) is 29.7 Å². The number of carbonyl (C=O) groups excluding carboxylic acids is 1. The molecule has 1 N–H and O–H groups in total. The molecule has 0 spiro atoms. The molecule has 0 bridgehead atoms. The topological polar surface area (TPSA) is 98.5 Å². The summed E-state index contributed by atoms with van der Waals surface area (Å²) in [4.78, 5) is 25.7. The summed E-state index contributed by atoms with van der Waals surface area (Å²) in [5.41, 5.74) is 3.60. The van der Waals surface area contributed by atoms with E-state index in [1.54, 1.807) is 31.0 Å². The van der Waals surface area contributed by atoms with Gasteiger partial charge in [0.05, 0.1) is 0 Å². The molecule has 0 unspecified atom stereocenters. The average Bonchev–Trinajstić information content (AvgIpc) is 3.55. The number of aryl methyl sites for hydroxylation is 1. The smallest absolute Gasteiger partial charge is 0.274 e. The van der Waals surface area contributed by atoms with Gasteiger partial charge < -0.3 is 9.88 Å². The third-order valence-corrected chi connectivity index (χ3v) is 5.24. The van der Waals surface area contributed by atoms with Gasteiger partial charge in [-0.3, -0.25) is 9.78 Å². The average molecular weight is 411 g/mol. The summed E-state index contributed by atoms with van der Waals surface area (Å²) < 4.78 is 2.10. The predicted octanol–water partition coefficient (Wildman–Crippen LogP) is 3.95. The lowest BCUT2D eigenvalue weighted by molar-refractivity contribution is 0.102. The molecule has 0 radical (unpaired) electrons. The zero-order valence-electron chi connectivity index (χ0n) is 17.1. The molecule has 0 atom stereocenters. The first-order valence-electron chi connectivity index (χ1n) is 10.3. The predicted molar refractivity (Wildman–Crippen MR) is 116 cm³/mol. The number of rotatable bonds is 6. The fraction of sp³-hybridized carbons (Fsp3) is 0.217. The van der Waals surface area contributed by atoms with Gasteiger partial charge in [0.1, 0.15) is 17.8 Å². The minimum Gasteiger partial charge on any atom is -0.321 e. The van der Waals surface area contributed by atoms with Gasteiger partial charge in [-0.25, -0.2) is 9.97 Å². The Morgan fingerprint density at radius 3 is 2.68 bits per heavy atom. The van der Waals surface area contributed by atoms with E-state index in [1.165, 1.54) is 0 Å². The van der Waals surface area contributed by atoms with Crippen molar-refractivity contribution in [2.24, 2.45) is 0 Å². The maximum absolute atomic E-state index is 12.8. The Morgan fingerprint density at radius 1 is 1.06 bits per heavy atom. The van der Waals surface area contributed by atoms with Crippen LogP contribution in [0.2, 0.25) is 0 Å². The number of carbonyl (C=O) groups is 1. The molecule has 0 saturated heterocycles. The third-order valence-electron chi connectivity index (χ3n) is 5.24. The molecule has 5 rings (SSSR count). The summed E-state index contributed by atoms with van der Waals surface area (Å²) >= 11 is 0. The van der Waals surface area contributed by atoms with Crippen LogP contribution in [-0.4, -0.2) is 35.6 Å². The first-order valence-corrected chi connectivity index (χ1v) is 10.3. The molecule has 8 nitrogen and oxygen atoms in total. The van der Waals surface area contributed by atoms with E-state index in [-0.39, 0.29) is 5.91 Å². The first-order chi connectivity index (χ1) is 15.2. The lowest BCUT2D eigenvalue weighted by Gasteiger charge is -2.09. The SMILES string of the molecule is CCc1ncc(-c2ccnc(C(=O)Nc3cccc(-c4nncn4C4CC4)c3)c2)cn1. The minimum absolute atomic E-state index is 0.284. The molecule has 1 fully saturated rings. The normalized spacial score (nSPS) is 13.2. The molecule has 3 heterocycles. The number of amides is 1. The van der Waals surface area contributed by atoms with Crippen molar-refractivity contribution in [3.8, 4) is 22.5 Å². The maximum atomic E-state index is 12.8. The van der Waals surface area contributed by atoms with Crippen LogP contribution >= 0.6 is 0 Å². The Morgan fingerprint density at radius 2 is 1.90 bits per heavy atom. The van der Waals surface area contributed by atoms with Crippen LogP contribution in [0.5, 0.6) is 0 Å². The molecule has 1 saturated carbocycles. The Balaban J connectivity index is 1.36. The van der Waals surface area contributed by atoms with Gasteiger partial charge >= 0.3 is 0 Å². The van der Waals surface area contributed by atoms with Crippen molar-refractivity contribution in [3.63, 3.8) is 0 Å². The van der Waals surface area contributed by atoms with E-state index < -0.39 is 0 Å². The Bertz CT molecular complexity index is 1230. The van der Waals surface area contributed by atoms with Gasteiger partial charge in [-0.1, -0.05) is 19.1 Å². The van der Waals surface area contributed by atoms with E-state index >= 15 is 0 Å². The number of pyridine rings is 1. The summed E-state index contributed by atoms with van der Waals surface area (Å²) in [6.07, 6.45) is 9.99. The molecule has 4 aromatic rings. The third kappa shape index (κ3) is 4.05. The zero-order valence-corrected chi connectivity index (χ0v) is 17.1. The Kier molecular flexibility index (Phi) is 4.95. The summed E-state index contributed by atoms with van der Waals surface area (Å²) in [6, 6.07) is 11.7. The van der Waals surface area contributed by atoms with Gasteiger partial charge in [0.25, 0.3) is 5.91 Å². The van der Waals surface area contributed by atoms with Crippen molar-refractivity contribution in [1.29, 1.82) is 0 Å². The van der Waals surface area contributed by atoms with Gasteiger partial charge in [-0.15, -0.1) is 10.2 Å². The molecule has 3 aromatic heterocycles. The zero-order chi connectivity index (χ0) is 21.2. The monoisotopic (exact) mass is 411 g/mol. The van der Waals surface area contributed by atoms with E-state index in [1.807, 2.05) is 37.3 Å². The number of nitrogens with one attached hydrogen (secondary N) is 1. The van der Waals surface area contributed by atoms with Crippen LogP contribution in [0.1, 0.15) is 42.1 Å². The van der Waals surface area contributed by atoms with Crippen molar-refractivity contribution in [2.75, 3.05) is 5.32 Å². The molecule has 8 heteroatoms. The highest BCUT2D eigenvalue weighted by Crippen LogP contribution is 2.37. The van der Waals surface area contributed by atoms with Crippen molar-refractivity contribution in [2.45, 2.75) is 32.2 Å². The number of nitrogens with zero attached hydrogens (tertiary/aromatic N) is 6. The van der Waals surface area contributed by atoms with Crippen molar-refractivity contribution >= 4 is 11.6 Å². The second kappa shape index (κ2) is 8.06. The summed E-state index contributed by atoms with van der Waals surface area (Å²) in [5, 5.41) is 11.2. The number of hydrogen-bond donors (Lipinski definition) is 1. The molecule has 1 amide bonds. The van der Waals surface area contributed by atoms with Crippen LogP contribution in [0.15, 0.2) is 61.3 Å². The molecule has 1 aromatic carbocycles. The van der Waals surface area contributed by atoms with Gasteiger partial charge in [0.15, 0.2) is 5.82 Å². The summed E-state index contributed by atoms with van der Waals surface area (Å²) in [6.45, 7) is 2.01. The second-order valence-electron chi connectivity index (χ2n) is 7.50. The van der Waals surface area contributed by atoms with Crippen LogP contribution < -0.4 is 5.32 Å². The molecular weight excluding hydrogens is 390 g/mol. The van der Waals surface area contributed by atoms with Crippen molar-refractivity contribution < 1.29 is 4.79 Å². The molecule has 31 heavy (non-hydrogen) atoms. The standard InChI is InChI=1S/C23H21N7O/c1-2-21-25-12-17(13-26-21)15-8-9-24-20(11-15)23(31)28-18-5-3-4-16(10-18)22-29-27-14-30(22)19-6-7-19/h3-5,8-14,19H,2,6-7H2,1H3,(H,28,31). The van der Waals surface area contributed by atoms with Crippen LogP contribution in [0.4, 0.5) is 5.69 Å². The number of hydrogen-bond acceptors (Lipinski definition) is 6. The van der Waals surface area contributed by atoms with E-state index in [9.17, 15) is 4.79 Å². The van der Waals surface area contributed by atoms with E-state index in [0.717, 1.165) is 47.6 Å². The lowest BCUT2D eigenvalue weighted by Crippen LogP contribution is -2.13. The van der Waals surface area contributed by atoms with Crippen LogP contribution in [-0.2, 0) is 6.42 Å². The number of aromatic nitrogens is 6.